The third-order valence-corrected chi connectivity index (χ3v) is 2.81. The van der Waals surface area contributed by atoms with Crippen molar-refractivity contribution in [1.29, 1.82) is 0 Å². The Kier molecular flexibility index (Phi) is 6.56. The highest BCUT2D eigenvalue weighted by atomic mass is 35.5. The summed E-state index contributed by atoms with van der Waals surface area (Å²) in [6.45, 7) is 6.48. The third-order valence-electron chi connectivity index (χ3n) is 2.49. The van der Waals surface area contributed by atoms with Crippen LogP contribution in [0.4, 0.5) is 5.82 Å². The summed E-state index contributed by atoms with van der Waals surface area (Å²) in [6.07, 6.45) is 3.62. The molecule has 0 spiro atoms. The fourth-order valence-corrected chi connectivity index (χ4v) is 1.93. The molecule has 0 unspecified atom stereocenters. The van der Waals surface area contributed by atoms with E-state index < -0.39 is 0 Å². The molecule has 0 fully saturated rings. The van der Waals surface area contributed by atoms with E-state index in [9.17, 15) is 4.79 Å². The minimum atomic E-state index is 0.0275. The molecular weight excluding hydrogens is 264 g/mol. The Bertz CT molecular complexity index is 423. The van der Waals surface area contributed by atoms with Crippen LogP contribution < -0.4 is 10.6 Å². The number of aromatic nitrogens is 2. The van der Waals surface area contributed by atoms with Gasteiger partial charge in [-0.3, -0.25) is 4.79 Å². The lowest BCUT2D eigenvalue weighted by Crippen LogP contribution is -2.31. The number of carbonyl (C=O) groups is 1. The van der Waals surface area contributed by atoms with Gasteiger partial charge in [0.05, 0.1) is 0 Å². The van der Waals surface area contributed by atoms with Crippen molar-refractivity contribution in [1.82, 2.24) is 15.3 Å². The number of amides is 1. The average Bonchev–Trinajstić information content (AvgIpc) is 2.32. The number of halogens is 1. The van der Waals surface area contributed by atoms with E-state index in [1.54, 1.807) is 0 Å². The summed E-state index contributed by atoms with van der Waals surface area (Å²) < 4.78 is 0. The predicted octanol–water partition coefficient (Wildman–Crippen LogP) is 2.41. The SMILES string of the molecule is CCCc1c(Cl)ncnc1NCCC(=O)NC(C)C. The van der Waals surface area contributed by atoms with Crippen LogP contribution in [0.3, 0.4) is 0 Å². The van der Waals surface area contributed by atoms with E-state index in [2.05, 4.69) is 27.5 Å². The molecule has 0 aromatic carbocycles. The largest absolute Gasteiger partial charge is 0.369 e. The number of hydrogen-bond donors (Lipinski definition) is 2. The second-order valence-corrected chi connectivity index (χ2v) is 5.00. The Morgan fingerprint density at radius 1 is 1.42 bits per heavy atom. The van der Waals surface area contributed by atoms with Gasteiger partial charge in [0.25, 0.3) is 0 Å². The maximum Gasteiger partial charge on any atom is 0.221 e. The van der Waals surface area contributed by atoms with Gasteiger partial charge in [-0.1, -0.05) is 24.9 Å². The number of hydrogen-bond acceptors (Lipinski definition) is 4. The molecule has 2 N–H and O–H groups in total. The zero-order chi connectivity index (χ0) is 14.3. The van der Waals surface area contributed by atoms with Gasteiger partial charge in [-0.15, -0.1) is 0 Å². The quantitative estimate of drug-likeness (QED) is 0.755. The highest BCUT2D eigenvalue weighted by Crippen LogP contribution is 2.21. The van der Waals surface area contributed by atoms with Gasteiger partial charge in [0.15, 0.2) is 0 Å². The monoisotopic (exact) mass is 284 g/mol. The van der Waals surface area contributed by atoms with Gasteiger partial charge in [-0.25, -0.2) is 9.97 Å². The van der Waals surface area contributed by atoms with Crippen molar-refractivity contribution < 1.29 is 4.79 Å². The fourth-order valence-electron chi connectivity index (χ4n) is 1.70. The first-order valence-corrected chi connectivity index (χ1v) is 6.95. The van der Waals surface area contributed by atoms with E-state index in [4.69, 9.17) is 11.6 Å². The molecule has 1 heterocycles. The summed E-state index contributed by atoms with van der Waals surface area (Å²) in [4.78, 5) is 19.7. The van der Waals surface area contributed by atoms with Gasteiger partial charge in [-0.2, -0.15) is 0 Å². The second-order valence-electron chi connectivity index (χ2n) is 4.64. The molecule has 6 heteroatoms. The van der Waals surface area contributed by atoms with Crippen LogP contribution in [0.5, 0.6) is 0 Å². The van der Waals surface area contributed by atoms with Gasteiger partial charge in [0.2, 0.25) is 5.91 Å². The average molecular weight is 285 g/mol. The second kappa shape index (κ2) is 7.94. The number of carbonyl (C=O) groups excluding carboxylic acids is 1. The van der Waals surface area contributed by atoms with Crippen molar-refractivity contribution in [3.63, 3.8) is 0 Å². The first kappa shape index (κ1) is 15.7. The molecule has 19 heavy (non-hydrogen) atoms. The number of rotatable bonds is 7. The molecule has 0 atom stereocenters. The van der Waals surface area contributed by atoms with Crippen LogP contribution in [0.2, 0.25) is 5.15 Å². The number of anilines is 1. The highest BCUT2D eigenvalue weighted by molar-refractivity contribution is 6.30. The van der Waals surface area contributed by atoms with Gasteiger partial charge in [0, 0.05) is 24.6 Å². The molecule has 0 aliphatic heterocycles. The van der Waals surface area contributed by atoms with Gasteiger partial charge in [-0.05, 0) is 20.3 Å². The Balaban J connectivity index is 2.53. The van der Waals surface area contributed by atoms with Crippen LogP contribution in [0, 0.1) is 0 Å². The highest BCUT2D eigenvalue weighted by Gasteiger charge is 2.09. The Labute approximate surface area is 119 Å². The predicted molar refractivity (Wildman–Crippen MR) is 77.4 cm³/mol. The molecule has 0 aliphatic rings. The maximum atomic E-state index is 11.5. The molecule has 0 radical (unpaired) electrons. The van der Waals surface area contributed by atoms with E-state index in [0.29, 0.717) is 18.1 Å². The lowest BCUT2D eigenvalue weighted by molar-refractivity contribution is -0.121. The smallest absolute Gasteiger partial charge is 0.221 e. The molecule has 0 saturated heterocycles. The van der Waals surface area contributed by atoms with Crippen molar-refractivity contribution in [3.05, 3.63) is 17.0 Å². The summed E-state index contributed by atoms with van der Waals surface area (Å²) in [5.41, 5.74) is 0.913. The van der Waals surface area contributed by atoms with Crippen LogP contribution in [0.25, 0.3) is 0 Å². The van der Waals surface area contributed by atoms with Crippen molar-refractivity contribution in [3.8, 4) is 0 Å². The fraction of sp³-hybridized carbons (Fsp3) is 0.615. The summed E-state index contributed by atoms with van der Waals surface area (Å²) >= 11 is 6.05. The summed E-state index contributed by atoms with van der Waals surface area (Å²) in [5, 5.41) is 6.47. The molecule has 1 aromatic heterocycles. The van der Waals surface area contributed by atoms with Gasteiger partial charge >= 0.3 is 0 Å². The normalized spacial score (nSPS) is 10.6. The summed E-state index contributed by atoms with van der Waals surface area (Å²) in [7, 11) is 0. The van der Waals surface area contributed by atoms with E-state index in [0.717, 1.165) is 24.2 Å². The van der Waals surface area contributed by atoms with Gasteiger partial charge < -0.3 is 10.6 Å². The minimum Gasteiger partial charge on any atom is -0.369 e. The van der Waals surface area contributed by atoms with E-state index >= 15 is 0 Å². The van der Waals surface area contributed by atoms with E-state index in [1.165, 1.54) is 6.33 Å². The molecule has 1 rings (SSSR count). The molecule has 0 saturated carbocycles. The number of nitrogens with zero attached hydrogens (tertiary/aromatic N) is 2. The zero-order valence-electron chi connectivity index (χ0n) is 11.7. The van der Waals surface area contributed by atoms with E-state index in [-0.39, 0.29) is 11.9 Å². The van der Waals surface area contributed by atoms with Crippen LogP contribution in [0.15, 0.2) is 6.33 Å². The molecule has 1 aromatic rings. The molecular formula is C13H21ClN4O. The molecule has 1 amide bonds. The standard InChI is InChI=1S/C13H21ClN4O/c1-4-5-10-12(14)16-8-17-13(10)15-7-6-11(19)18-9(2)3/h8-9H,4-7H2,1-3H3,(H,18,19)(H,15,16,17). The van der Waals surface area contributed by atoms with Crippen molar-refractivity contribution in [2.24, 2.45) is 0 Å². The van der Waals surface area contributed by atoms with Crippen LogP contribution in [-0.4, -0.2) is 28.5 Å². The maximum absolute atomic E-state index is 11.5. The first-order valence-electron chi connectivity index (χ1n) is 6.57. The Hall–Kier alpha value is -1.36. The lowest BCUT2D eigenvalue weighted by Gasteiger charge is -2.12. The van der Waals surface area contributed by atoms with Gasteiger partial charge in [0.1, 0.15) is 17.3 Å². The first-order chi connectivity index (χ1) is 9.04. The van der Waals surface area contributed by atoms with Crippen LogP contribution >= 0.6 is 11.6 Å². The Morgan fingerprint density at radius 3 is 2.79 bits per heavy atom. The summed E-state index contributed by atoms with van der Waals surface area (Å²) in [5.74, 6) is 0.749. The van der Waals surface area contributed by atoms with Crippen molar-refractivity contribution in [2.75, 3.05) is 11.9 Å². The molecule has 106 valence electrons. The Morgan fingerprint density at radius 2 is 2.16 bits per heavy atom. The van der Waals surface area contributed by atoms with Crippen molar-refractivity contribution in [2.45, 2.75) is 46.1 Å². The number of nitrogens with one attached hydrogen (secondary N) is 2. The molecule has 0 bridgehead atoms. The van der Waals surface area contributed by atoms with Crippen LogP contribution in [-0.2, 0) is 11.2 Å². The van der Waals surface area contributed by atoms with Crippen LogP contribution in [0.1, 0.15) is 39.2 Å². The minimum absolute atomic E-state index is 0.0275. The third kappa shape index (κ3) is 5.42. The topological polar surface area (TPSA) is 66.9 Å². The van der Waals surface area contributed by atoms with Crippen molar-refractivity contribution >= 4 is 23.3 Å². The molecule has 0 aliphatic carbocycles. The lowest BCUT2D eigenvalue weighted by atomic mass is 10.2. The zero-order valence-corrected chi connectivity index (χ0v) is 12.4. The summed E-state index contributed by atoms with van der Waals surface area (Å²) in [6, 6.07) is 0.164. The molecule has 5 nitrogen and oxygen atoms in total. The van der Waals surface area contributed by atoms with E-state index in [1.807, 2.05) is 13.8 Å².